The SMILES string of the molecule is O=C(Nc1ccc(C[C@H](NC(=O)[C@@H]2CCC(=O)N2Cc2ccccc2)C(=O)O)cc1)c1ccncc1. The number of amides is 3. The molecule has 0 unspecified atom stereocenters. The number of hydrogen-bond acceptors (Lipinski definition) is 5. The summed E-state index contributed by atoms with van der Waals surface area (Å²) >= 11 is 0. The van der Waals surface area contributed by atoms with Gasteiger partial charge in [-0.2, -0.15) is 0 Å². The number of aromatic nitrogens is 1. The molecule has 0 saturated carbocycles. The van der Waals surface area contributed by atoms with Gasteiger partial charge in [-0.25, -0.2) is 4.79 Å². The second-order valence-corrected chi connectivity index (χ2v) is 8.55. The maximum Gasteiger partial charge on any atom is 0.326 e. The molecule has 1 fully saturated rings. The van der Waals surface area contributed by atoms with E-state index < -0.39 is 24.0 Å². The van der Waals surface area contributed by atoms with E-state index >= 15 is 0 Å². The van der Waals surface area contributed by atoms with Crippen LogP contribution >= 0.6 is 0 Å². The molecule has 0 spiro atoms. The summed E-state index contributed by atoms with van der Waals surface area (Å²) in [5.74, 6) is -2.06. The highest BCUT2D eigenvalue weighted by Gasteiger charge is 2.37. The normalized spacial score (nSPS) is 15.8. The number of carboxylic acids is 1. The van der Waals surface area contributed by atoms with E-state index in [4.69, 9.17) is 0 Å². The quantitative estimate of drug-likeness (QED) is 0.427. The van der Waals surface area contributed by atoms with Crippen LogP contribution < -0.4 is 10.6 Å². The number of pyridine rings is 1. The maximum atomic E-state index is 13.0. The summed E-state index contributed by atoms with van der Waals surface area (Å²) in [6.45, 7) is 0.294. The zero-order valence-electron chi connectivity index (χ0n) is 19.5. The van der Waals surface area contributed by atoms with Crippen molar-refractivity contribution in [2.24, 2.45) is 0 Å². The topological polar surface area (TPSA) is 129 Å². The number of nitrogens with one attached hydrogen (secondary N) is 2. The number of carbonyl (C=O) groups is 4. The average Bonchev–Trinajstić information content (AvgIpc) is 3.25. The van der Waals surface area contributed by atoms with Crippen molar-refractivity contribution in [3.8, 4) is 0 Å². The lowest BCUT2D eigenvalue weighted by atomic mass is 10.0. The van der Waals surface area contributed by atoms with Crippen LogP contribution in [0.3, 0.4) is 0 Å². The zero-order chi connectivity index (χ0) is 25.5. The van der Waals surface area contributed by atoms with Crippen LogP contribution in [0.15, 0.2) is 79.1 Å². The lowest BCUT2D eigenvalue weighted by Gasteiger charge is -2.26. The third-order valence-corrected chi connectivity index (χ3v) is 6.04. The van der Waals surface area contributed by atoms with Gasteiger partial charge in [0.2, 0.25) is 11.8 Å². The van der Waals surface area contributed by atoms with Crippen molar-refractivity contribution in [2.45, 2.75) is 37.9 Å². The van der Waals surface area contributed by atoms with Gasteiger partial charge in [0.05, 0.1) is 0 Å². The molecule has 3 N–H and O–H groups in total. The van der Waals surface area contributed by atoms with Crippen molar-refractivity contribution in [1.29, 1.82) is 0 Å². The zero-order valence-corrected chi connectivity index (χ0v) is 19.5. The van der Waals surface area contributed by atoms with E-state index in [1.54, 1.807) is 36.4 Å². The molecule has 3 aromatic rings. The van der Waals surface area contributed by atoms with E-state index in [9.17, 15) is 24.3 Å². The number of benzene rings is 2. The number of carboxylic acid groups (broad SMARTS) is 1. The Morgan fingerprint density at radius 3 is 2.33 bits per heavy atom. The molecule has 9 heteroatoms. The molecule has 1 saturated heterocycles. The largest absolute Gasteiger partial charge is 0.480 e. The number of hydrogen-bond donors (Lipinski definition) is 3. The molecule has 9 nitrogen and oxygen atoms in total. The highest BCUT2D eigenvalue weighted by atomic mass is 16.4. The van der Waals surface area contributed by atoms with Gasteiger partial charge in [0.1, 0.15) is 12.1 Å². The molecule has 1 aromatic heterocycles. The Morgan fingerprint density at radius 2 is 1.67 bits per heavy atom. The first-order valence-corrected chi connectivity index (χ1v) is 11.6. The molecular weight excluding hydrogens is 460 g/mol. The first-order chi connectivity index (χ1) is 17.4. The first kappa shape index (κ1) is 24.6. The molecule has 3 amide bonds. The third-order valence-electron chi connectivity index (χ3n) is 6.04. The molecule has 2 atom stereocenters. The van der Waals surface area contributed by atoms with Crippen molar-refractivity contribution in [2.75, 3.05) is 5.32 Å². The molecule has 0 radical (unpaired) electrons. The summed E-state index contributed by atoms with van der Waals surface area (Å²) in [5.41, 5.74) is 2.59. The van der Waals surface area contributed by atoms with Gasteiger partial charge in [0.15, 0.2) is 0 Å². The number of likely N-dealkylation sites (tertiary alicyclic amines) is 1. The van der Waals surface area contributed by atoms with Gasteiger partial charge in [-0.15, -0.1) is 0 Å². The van der Waals surface area contributed by atoms with E-state index in [1.165, 1.54) is 17.3 Å². The number of carbonyl (C=O) groups excluding carboxylic acids is 3. The molecule has 184 valence electrons. The summed E-state index contributed by atoms with van der Waals surface area (Å²) in [6, 6.07) is 17.4. The summed E-state index contributed by atoms with van der Waals surface area (Å²) in [4.78, 5) is 55.0. The molecule has 0 bridgehead atoms. The fourth-order valence-electron chi connectivity index (χ4n) is 4.12. The van der Waals surface area contributed by atoms with E-state index in [0.29, 0.717) is 29.8 Å². The average molecular weight is 487 g/mol. The van der Waals surface area contributed by atoms with Crippen molar-refractivity contribution < 1.29 is 24.3 Å². The standard InChI is InChI=1S/C27H26N4O5/c32-24-11-10-23(31(24)17-19-4-2-1-3-5-19)26(34)30-22(27(35)36)16-18-6-8-21(9-7-18)29-25(33)20-12-14-28-15-13-20/h1-9,12-15,22-23H,10-11,16-17H2,(H,29,33)(H,30,34)(H,35,36)/t22-,23-/m0/s1. The second kappa shape index (κ2) is 11.3. The van der Waals surface area contributed by atoms with Crippen molar-refractivity contribution in [3.63, 3.8) is 0 Å². The molecule has 1 aliphatic heterocycles. The minimum atomic E-state index is -1.17. The molecule has 0 aliphatic carbocycles. The molecular formula is C27H26N4O5. The Labute approximate surface area is 208 Å². The minimum absolute atomic E-state index is 0.0546. The fraction of sp³-hybridized carbons (Fsp3) is 0.222. The van der Waals surface area contributed by atoms with Crippen LogP contribution in [0, 0.1) is 0 Å². The number of aliphatic carboxylic acids is 1. The third kappa shape index (κ3) is 6.12. The lowest BCUT2D eigenvalue weighted by Crippen LogP contribution is -2.50. The van der Waals surface area contributed by atoms with Crippen LogP contribution in [0.1, 0.15) is 34.3 Å². The van der Waals surface area contributed by atoms with Crippen LogP contribution in [0.25, 0.3) is 0 Å². The number of nitrogens with zero attached hydrogens (tertiary/aromatic N) is 2. The van der Waals surface area contributed by atoms with Gasteiger partial charge in [0.25, 0.3) is 5.91 Å². The molecule has 2 heterocycles. The van der Waals surface area contributed by atoms with E-state index in [0.717, 1.165) is 5.56 Å². The van der Waals surface area contributed by atoms with Crippen LogP contribution in [0.5, 0.6) is 0 Å². The Hall–Kier alpha value is -4.53. The summed E-state index contributed by atoms with van der Waals surface area (Å²) in [6.07, 6.45) is 3.70. The van der Waals surface area contributed by atoms with Crippen molar-refractivity contribution >= 4 is 29.4 Å². The highest BCUT2D eigenvalue weighted by Crippen LogP contribution is 2.22. The van der Waals surface area contributed by atoms with Gasteiger partial charge in [0, 0.05) is 43.0 Å². The highest BCUT2D eigenvalue weighted by molar-refractivity contribution is 6.04. The smallest absolute Gasteiger partial charge is 0.326 e. The fourth-order valence-corrected chi connectivity index (χ4v) is 4.12. The van der Waals surface area contributed by atoms with E-state index in [1.807, 2.05) is 30.3 Å². The second-order valence-electron chi connectivity index (χ2n) is 8.55. The van der Waals surface area contributed by atoms with E-state index in [2.05, 4.69) is 15.6 Å². The lowest BCUT2D eigenvalue weighted by molar-refractivity contribution is -0.143. The molecule has 1 aliphatic rings. The molecule has 2 aromatic carbocycles. The maximum absolute atomic E-state index is 13.0. The van der Waals surface area contributed by atoms with Gasteiger partial charge in [-0.1, -0.05) is 42.5 Å². The Kier molecular flexibility index (Phi) is 7.69. The van der Waals surface area contributed by atoms with Gasteiger partial charge in [-0.05, 0) is 41.8 Å². The van der Waals surface area contributed by atoms with Gasteiger partial charge in [-0.3, -0.25) is 19.4 Å². The van der Waals surface area contributed by atoms with Crippen LogP contribution in [0.4, 0.5) is 5.69 Å². The molecule has 4 rings (SSSR count). The summed E-state index contributed by atoms with van der Waals surface area (Å²) < 4.78 is 0. The first-order valence-electron chi connectivity index (χ1n) is 11.6. The van der Waals surface area contributed by atoms with Crippen LogP contribution in [0.2, 0.25) is 0 Å². The summed E-state index contributed by atoms with van der Waals surface area (Å²) in [7, 11) is 0. The predicted octanol–water partition coefficient (Wildman–Crippen LogP) is 2.64. The predicted molar refractivity (Wildman–Crippen MR) is 132 cm³/mol. The van der Waals surface area contributed by atoms with Crippen molar-refractivity contribution in [1.82, 2.24) is 15.2 Å². The van der Waals surface area contributed by atoms with E-state index in [-0.39, 0.29) is 24.7 Å². The Bertz CT molecular complexity index is 1230. The van der Waals surface area contributed by atoms with Gasteiger partial charge >= 0.3 is 5.97 Å². The number of rotatable bonds is 9. The van der Waals surface area contributed by atoms with Crippen molar-refractivity contribution in [3.05, 3.63) is 95.8 Å². The Morgan fingerprint density at radius 1 is 0.972 bits per heavy atom. The molecule has 36 heavy (non-hydrogen) atoms. The van der Waals surface area contributed by atoms with Crippen LogP contribution in [-0.2, 0) is 27.3 Å². The van der Waals surface area contributed by atoms with Gasteiger partial charge < -0.3 is 20.6 Å². The monoisotopic (exact) mass is 486 g/mol. The number of anilines is 1. The minimum Gasteiger partial charge on any atom is -0.480 e. The summed E-state index contributed by atoms with van der Waals surface area (Å²) in [5, 5.41) is 15.1. The van der Waals surface area contributed by atoms with Crippen LogP contribution in [-0.4, -0.2) is 50.8 Å². The Balaban J connectivity index is 1.37.